The Balaban J connectivity index is 2.17. The zero-order valence-electron chi connectivity index (χ0n) is 8.79. The molecule has 5 heteroatoms. The minimum absolute atomic E-state index is 0.172. The molecule has 2 heterocycles. The molecule has 2 nitrogen and oxygen atoms in total. The summed E-state index contributed by atoms with van der Waals surface area (Å²) >= 11 is 8.44. The largest absolute Gasteiger partial charge is 0.334 e. The highest BCUT2D eigenvalue weighted by Crippen LogP contribution is 2.27. The van der Waals surface area contributed by atoms with Crippen molar-refractivity contribution in [2.75, 3.05) is 11.9 Å². The van der Waals surface area contributed by atoms with Gasteiger partial charge in [0.25, 0.3) is 5.91 Å². The van der Waals surface area contributed by atoms with Crippen LogP contribution < -0.4 is 0 Å². The second-order valence-electron chi connectivity index (χ2n) is 3.90. The summed E-state index contributed by atoms with van der Waals surface area (Å²) in [5.41, 5.74) is 0. The van der Waals surface area contributed by atoms with Gasteiger partial charge in [-0.2, -0.15) is 0 Å². The van der Waals surface area contributed by atoms with Gasteiger partial charge in [0.2, 0.25) is 0 Å². The van der Waals surface area contributed by atoms with Crippen LogP contribution in [0.15, 0.2) is 15.9 Å². The van der Waals surface area contributed by atoms with E-state index in [0.29, 0.717) is 6.04 Å². The molecule has 16 heavy (non-hydrogen) atoms. The highest BCUT2D eigenvalue weighted by atomic mass is 79.9. The molecule has 0 saturated carbocycles. The second-order valence-corrected chi connectivity index (χ2v) is 6.32. The van der Waals surface area contributed by atoms with E-state index in [-0.39, 0.29) is 5.91 Å². The van der Waals surface area contributed by atoms with Gasteiger partial charge < -0.3 is 4.90 Å². The third kappa shape index (κ3) is 2.51. The van der Waals surface area contributed by atoms with Crippen LogP contribution in [0.5, 0.6) is 0 Å². The molecular weight excluding hydrogens is 354 g/mol. The molecule has 0 bridgehead atoms. The van der Waals surface area contributed by atoms with Gasteiger partial charge in [0.15, 0.2) is 0 Å². The average Bonchev–Trinajstić information content (AvgIpc) is 2.74. The molecule has 1 aromatic rings. The van der Waals surface area contributed by atoms with Crippen molar-refractivity contribution in [1.82, 2.24) is 4.90 Å². The molecule has 1 aliphatic heterocycles. The molecule has 1 aromatic heterocycles. The van der Waals surface area contributed by atoms with E-state index in [9.17, 15) is 4.79 Å². The topological polar surface area (TPSA) is 20.3 Å². The molecular formula is C11H13Br2NOS. The summed E-state index contributed by atoms with van der Waals surface area (Å²) in [5.74, 6) is 0.172. The Bertz CT molecular complexity index is 380. The van der Waals surface area contributed by atoms with Gasteiger partial charge in [-0.3, -0.25) is 4.79 Å². The van der Waals surface area contributed by atoms with Crippen molar-refractivity contribution < 1.29 is 4.79 Å². The number of carbonyl (C=O) groups is 1. The van der Waals surface area contributed by atoms with E-state index >= 15 is 0 Å². The number of likely N-dealkylation sites (tertiary alicyclic amines) is 1. The normalized spacial score (nSPS) is 21.1. The number of hydrogen-bond donors (Lipinski definition) is 0. The van der Waals surface area contributed by atoms with Gasteiger partial charge in [-0.15, -0.1) is 11.3 Å². The van der Waals surface area contributed by atoms with E-state index in [1.165, 1.54) is 17.8 Å². The molecule has 88 valence electrons. The number of rotatable bonds is 2. The Morgan fingerprint density at radius 2 is 2.38 bits per heavy atom. The van der Waals surface area contributed by atoms with Crippen molar-refractivity contribution in [1.29, 1.82) is 0 Å². The Hall–Kier alpha value is 0.130. The van der Waals surface area contributed by atoms with Gasteiger partial charge in [-0.1, -0.05) is 15.9 Å². The van der Waals surface area contributed by atoms with Crippen LogP contribution in [-0.2, 0) is 0 Å². The number of carbonyl (C=O) groups excluding carboxylic acids is 1. The first-order chi connectivity index (χ1) is 7.74. The Morgan fingerprint density at radius 3 is 3.00 bits per heavy atom. The van der Waals surface area contributed by atoms with Gasteiger partial charge in [-0.25, -0.2) is 0 Å². The molecule has 1 fully saturated rings. The predicted molar refractivity (Wildman–Crippen MR) is 74.5 cm³/mol. The van der Waals surface area contributed by atoms with Crippen LogP contribution in [0.3, 0.4) is 0 Å². The van der Waals surface area contributed by atoms with Gasteiger partial charge >= 0.3 is 0 Å². The van der Waals surface area contributed by atoms with Crippen molar-refractivity contribution in [3.8, 4) is 0 Å². The summed E-state index contributed by atoms with van der Waals surface area (Å²) in [6.07, 6.45) is 3.46. The van der Waals surface area contributed by atoms with Crippen molar-refractivity contribution in [3.05, 3.63) is 20.8 Å². The second kappa shape index (κ2) is 5.65. The van der Waals surface area contributed by atoms with E-state index in [0.717, 1.165) is 34.1 Å². The summed E-state index contributed by atoms with van der Waals surface area (Å²) in [7, 11) is 0. The van der Waals surface area contributed by atoms with E-state index in [4.69, 9.17) is 0 Å². The summed E-state index contributed by atoms with van der Waals surface area (Å²) < 4.78 is 0.918. The lowest BCUT2D eigenvalue weighted by Crippen LogP contribution is -2.44. The van der Waals surface area contributed by atoms with E-state index in [1.807, 2.05) is 16.3 Å². The molecule has 0 radical (unpaired) electrons. The first-order valence-electron chi connectivity index (χ1n) is 5.34. The smallest absolute Gasteiger partial charge is 0.265 e. The van der Waals surface area contributed by atoms with Crippen LogP contribution in [0.2, 0.25) is 0 Å². The van der Waals surface area contributed by atoms with Crippen LogP contribution in [0.4, 0.5) is 0 Å². The number of alkyl halides is 1. The standard InChI is InChI=1S/C11H13Br2NOS/c12-7-8-3-1-2-5-14(8)11(15)10-9(13)4-6-16-10/h4,6,8H,1-3,5,7H2. The van der Waals surface area contributed by atoms with Gasteiger partial charge in [0, 0.05) is 22.4 Å². The zero-order valence-corrected chi connectivity index (χ0v) is 12.8. The fourth-order valence-electron chi connectivity index (χ4n) is 2.01. The monoisotopic (exact) mass is 365 g/mol. The minimum atomic E-state index is 0.172. The average molecular weight is 367 g/mol. The Kier molecular flexibility index (Phi) is 4.44. The zero-order chi connectivity index (χ0) is 11.5. The number of thiophene rings is 1. The molecule has 0 spiro atoms. The maximum Gasteiger partial charge on any atom is 0.265 e. The molecule has 0 aromatic carbocycles. The van der Waals surface area contributed by atoms with Crippen LogP contribution in [0, 0.1) is 0 Å². The molecule has 0 N–H and O–H groups in total. The van der Waals surface area contributed by atoms with Crippen LogP contribution in [-0.4, -0.2) is 28.7 Å². The van der Waals surface area contributed by atoms with Gasteiger partial charge in [0.1, 0.15) is 4.88 Å². The maximum absolute atomic E-state index is 12.3. The molecule has 1 atom stereocenters. The number of piperidine rings is 1. The molecule has 0 aliphatic carbocycles. The molecule has 2 rings (SSSR count). The maximum atomic E-state index is 12.3. The molecule has 1 amide bonds. The highest BCUT2D eigenvalue weighted by Gasteiger charge is 2.28. The quantitative estimate of drug-likeness (QED) is 0.727. The van der Waals surface area contributed by atoms with Crippen LogP contribution in [0.1, 0.15) is 28.9 Å². The first kappa shape index (κ1) is 12.6. The van der Waals surface area contributed by atoms with Crippen LogP contribution in [0.25, 0.3) is 0 Å². The van der Waals surface area contributed by atoms with Crippen molar-refractivity contribution in [2.45, 2.75) is 25.3 Å². The van der Waals surface area contributed by atoms with Gasteiger partial charge in [0.05, 0.1) is 0 Å². The lowest BCUT2D eigenvalue weighted by molar-refractivity contribution is 0.0646. The number of nitrogens with zero attached hydrogens (tertiary/aromatic N) is 1. The van der Waals surface area contributed by atoms with Gasteiger partial charge in [-0.05, 0) is 46.6 Å². The van der Waals surface area contributed by atoms with Crippen LogP contribution >= 0.6 is 43.2 Å². The summed E-state index contributed by atoms with van der Waals surface area (Å²) in [6.45, 7) is 0.888. The molecule has 1 saturated heterocycles. The number of hydrogen-bond acceptors (Lipinski definition) is 2. The predicted octanol–water partition coefficient (Wildman–Crippen LogP) is 3.90. The van der Waals surface area contributed by atoms with Crippen molar-refractivity contribution >= 4 is 49.1 Å². The summed E-state index contributed by atoms with van der Waals surface area (Å²) in [5, 5.41) is 2.83. The highest BCUT2D eigenvalue weighted by molar-refractivity contribution is 9.10. The Morgan fingerprint density at radius 1 is 1.56 bits per heavy atom. The number of halogens is 2. The SMILES string of the molecule is O=C(c1sccc1Br)N1CCCCC1CBr. The number of amides is 1. The van der Waals surface area contributed by atoms with E-state index in [1.54, 1.807) is 0 Å². The molecule has 1 aliphatic rings. The Labute approximate surface area is 116 Å². The summed E-state index contributed by atoms with van der Waals surface area (Å²) in [4.78, 5) is 15.2. The fraction of sp³-hybridized carbons (Fsp3) is 0.545. The summed E-state index contributed by atoms with van der Waals surface area (Å²) in [6, 6.07) is 2.29. The molecule has 1 unspecified atom stereocenters. The third-order valence-electron chi connectivity index (χ3n) is 2.88. The van der Waals surface area contributed by atoms with E-state index in [2.05, 4.69) is 31.9 Å². The minimum Gasteiger partial charge on any atom is -0.334 e. The fourth-order valence-corrected chi connectivity index (χ4v) is 4.17. The van der Waals surface area contributed by atoms with E-state index < -0.39 is 0 Å². The van der Waals surface area contributed by atoms with Crippen molar-refractivity contribution in [2.24, 2.45) is 0 Å². The lowest BCUT2D eigenvalue weighted by atomic mass is 10.0. The lowest BCUT2D eigenvalue weighted by Gasteiger charge is -2.34. The first-order valence-corrected chi connectivity index (χ1v) is 8.13. The third-order valence-corrected chi connectivity index (χ3v) is 5.45. The van der Waals surface area contributed by atoms with Crippen molar-refractivity contribution in [3.63, 3.8) is 0 Å².